The Morgan fingerprint density at radius 3 is 2.89 bits per heavy atom. The van der Waals surface area contributed by atoms with Gasteiger partial charge in [-0.2, -0.15) is 10.1 Å². The summed E-state index contributed by atoms with van der Waals surface area (Å²) in [5.74, 6) is -0.512. The third kappa shape index (κ3) is 1.50. The summed E-state index contributed by atoms with van der Waals surface area (Å²) in [6, 6.07) is 6.32. The van der Waals surface area contributed by atoms with Crippen LogP contribution in [0.4, 0.5) is 4.39 Å². The second-order valence-electron chi connectivity index (χ2n) is 3.89. The Morgan fingerprint density at radius 2 is 2.17 bits per heavy atom. The number of hydrogen-bond acceptors (Lipinski definition) is 3. The minimum absolute atomic E-state index is 0.0671. The molecule has 1 N–H and O–H groups in total. The molecule has 6 heteroatoms. The van der Waals surface area contributed by atoms with Gasteiger partial charge in [0.2, 0.25) is 0 Å². The molecule has 0 aliphatic carbocycles. The molecule has 0 unspecified atom stereocenters. The van der Waals surface area contributed by atoms with Crippen LogP contribution in [0.25, 0.3) is 22.3 Å². The highest BCUT2D eigenvalue weighted by molar-refractivity contribution is 5.91. The Morgan fingerprint density at radius 1 is 1.33 bits per heavy atom. The monoisotopic (exact) mass is 244 g/mol. The van der Waals surface area contributed by atoms with E-state index in [1.807, 2.05) is 0 Å². The molecule has 0 amide bonds. The van der Waals surface area contributed by atoms with Gasteiger partial charge in [-0.1, -0.05) is 12.1 Å². The van der Waals surface area contributed by atoms with Gasteiger partial charge in [0, 0.05) is 18.6 Å². The number of benzene rings is 1. The molecule has 5 nitrogen and oxygen atoms in total. The van der Waals surface area contributed by atoms with Gasteiger partial charge in [0.25, 0.3) is 0 Å². The number of aromatic amines is 1. The molecule has 0 fully saturated rings. The van der Waals surface area contributed by atoms with Crippen molar-refractivity contribution < 1.29 is 4.39 Å². The summed E-state index contributed by atoms with van der Waals surface area (Å²) in [5.41, 5.74) is 0.704. The lowest BCUT2D eigenvalue weighted by Crippen LogP contribution is -2.13. The average molecular weight is 244 g/mol. The van der Waals surface area contributed by atoms with Crippen molar-refractivity contribution >= 4 is 10.9 Å². The van der Waals surface area contributed by atoms with Crippen LogP contribution < -0.4 is 5.69 Å². The first-order chi connectivity index (χ1) is 8.66. The van der Waals surface area contributed by atoms with Gasteiger partial charge in [-0.25, -0.2) is 9.18 Å². The molecule has 3 aromatic rings. The highest BCUT2D eigenvalue weighted by atomic mass is 19.1. The fourth-order valence-corrected chi connectivity index (χ4v) is 1.96. The fourth-order valence-electron chi connectivity index (χ4n) is 1.96. The van der Waals surface area contributed by atoms with Gasteiger partial charge in [0.15, 0.2) is 0 Å². The van der Waals surface area contributed by atoms with Crippen molar-refractivity contribution in [2.45, 2.75) is 0 Å². The van der Waals surface area contributed by atoms with Gasteiger partial charge in [0.1, 0.15) is 11.3 Å². The van der Waals surface area contributed by atoms with Crippen molar-refractivity contribution in [2.75, 3.05) is 0 Å². The molecule has 2 heterocycles. The van der Waals surface area contributed by atoms with Crippen LogP contribution in [0.15, 0.2) is 35.3 Å². The van der Waals surface area contributed by atoms with Crippen LogP contribution in [0.5, 0.6) is 0 Å². The Bertz CT molecular complexity index is 790. The van der Waals surface area contributed by atoms with Crippen LogP contribution in [0.3, 0.4) is 0 Å². The lowest BCUT2D eigenvalue weighted by atomic mass is 10.1. The van der Waals surface area contributed by atoms with E-state index in [2.05, 4.69) is 15.1 Å². The number of aromatic nitrogens is 4. The number of para-hydroxylation sites is 1. The molecule has 2 aromatic heterocycles. The molecule has 3 rings (SSSR count). The van der Waals surface area contributed by atoms with Crippen LogP contribution >= 0.6 is 0 Å². The van der Waals surface area contributed by atoms with Crippen molar-refractivity contribution in [3.05, 3.63) is 46.8 Å². The maximum absolute atomic E-state index is 13.7. The zero-order chi connectivity index (χ0) is 12.7. The molecule has 0 saturated carbocycles. The topological polar surface area (TPSA) is 63.6 Å². The van der Waals surface area contributed by atoms with E-state index in [-0.39, 0.29) is 5.52 Å². The fraction of sp³-hybridized carbons (Fsp3) is 0.0833. The summed E-state index contributed by atoms with van der Waals surface area (Å²) in [5, 5.41) is 4.59. The van der Waals surface area contributed by atoms with Crippen molar-refractivity contribution in [2.24, 2.45) is 7.05 Å². The van der Waals surface area contributed by atoms with Gasteiger partial charge in [0.05, 0.1) is 11.4 Å². The van der Waals surface area contributed by atoms with Gasteiger partial charge in [-0.15, -0.1) is 0 Å². The third-order valence-corrected chi connectivity index (χ3v) is 2.78. The minimum atomic E-state index is -0.580. The van der Waals surface area contributed by atoms with E-state index in [0.29, 0.717) is 16.8 Å². The second-order valence-corrected chi connectivity index (χ2v) is 3.89. The first-order valence-corrected chi connectivity index (χ1v) is 5.34. The Kier molecular flexibility index (Phi) is 2.22. The van der Waals surface area contributed by atoms with Crippen molar-refractivity contribution in [1.29, 1.82) is 0 Å². The van der Waals surface area contributed by atoms with Crippen LogP contribution in [0, 0.1) is 5.82 Å². The SMILES string of the molecule is Cn1nccc1-c1[nH]c(=O)nc2c(F)cccc12. The number of nitrogens with one attached hydrogen (secondary N) is 1. The first-order valence-electron chi connectivity index (χ1n) is 5.34. The molecule has 90 valence electrons. The maximum atomic E-state index is 13.7. The van der Waals surface area contributed by atoms with Gasteiger partial charge in [-0.05, 0) is 12.1 Å². The molecule has 0 radical (unpaired) electrons. The number of aryl methyl sites for hydroxylation is 1. The van der Waals surface area contributed by atoms with Crippen LogP contribution in [-0.2, 0) is 7.05 Å². The smallest absolute Gasteiger partial charge is 0.303 e. The van der Waals surface area contributed by atoms with Crippen molar-refractivity contribution in [1.82, 2.24) is 19.7 Å². The number of nitrogens with zero attached hydrogens (tertiary/aromatic N) is 3. The van der Waals surface area contributed by atoms with Crippen LogP contribution in [-0.4, -0.2) is 19.7 Å². The Hall–Kier alpha value is -2.50. The Balaban J connectivity index is 2.47. The minimum Gasteiger partial charge on any atom is -0.303 e. The van der Waals surface area contributed by atoms with Crippen LogP contribution in [0.1, 0.15) is 0 Å². The first kappa shape index (κ1) is 10.6. The van der Waals surface area contributed by atoms with E-state index in [9.17, 15) is 9.18 Å². The van der Waals surface area contributed by atoms with Crippen LogP contribution in [0.2, 0.25) is 0 Å². The molecular formula is C12H9FN4O. The highest BCUT2D eigenvalue weighted by Crippen LogP contribution is 2.24. The lowest BCUT2D eigenvalue weighted by Gasteiger charge is -2.06. The molecular weight excluding hydrogens is 235 g/mol. The molecule has 18 heavy (non-hydrogen) atoms. The quantitative estimate of drug-likeness (QED) is 0.704. The summed E-state index contributed by atoms with van der Waals surface area (Å²) in [4.78, 5) is 17.8. The molecule has 0 aliphatic heterocycles. The zero-order valence-electron chi connectivity index (χ0n) is 9.51. The molecule has 0 atom stereocenters. The van der Waals surface area contributed by atoms with Crippen molar-refractivity contribution in [3.63, 3.8) is 0 Å². The molecule has 0 bridgehead atoms. The number of rotatable bonds is 1. The average Bonchev–Trinajstić information content (AvgIpc) is 2.76. The summed E-state index contributed by atoms with van der Waals surface area (Å²) in [6.45, 7) is 0. The standard InChI is InChI=1S/C12H9FN4O/c1-17-9(5-6-14-17)11-7-3-2-4-8(13)10(7)15-12(18)16-11/h2-6H,1H3,(H,15,16,18). The number of fused-ring (bicyclic) bond motifs is 1. The normalized spacial score (nSPS) is 11.0. The van der Waals surface area contributed by atoms with Gasteiger partial charge < -0.3 is 4.98 Å². The van der Waals surface area contributed by atoms with Gasteiger partial charge in [-0.3, -0.25) is 4.68 Å². The third-order valence-electron chi connectivity index (χ3n) is 2.78. The summed E-state index contributed by atoms with van der Waals surface area (Å²) >= 11 is 0. The highest BCUT2D eigenvalue weighted by Gasteiger charge is 2.12. The second kappa shape index (κ2) is 3.76. The summed E-state index contributed by atoms with van der Waals surface area (Å²) in [6.07, 6.45) is 1.61. The van der Waals surface area contributed by atoms with E-state index in [4.69, 9.17) is 0 Å². The van der Waals surface area contributed by atoms with Gasteiger partial charge >= 0.3 is 5.69 Å². The number of hydrogen-bond donors (Lipinski definition) is 1. The summed E-state index contributed by atoms with van der Waals surface area (Å²) < 4.78 is 15.3. The molecule has 0 saturated heterocycles. The molecule has 0 aliphatic rings. The van der Waals surface area contributed by atoms with E-state index >= 15 is 0 Å². The maximum Gasteiger partial charge on any atom is 0.346 e. The lowest BCUT2D eigenvalue weighted by molar-refractivity contribution is 0.636. The Labute approximate surface area is 101 Å². The molecule has 0 spiro atoms. The number of H-pyrrole nitrogens is 1. The van der Waals surface area contributed by atoms with E-state index in [1.54, 1.807) is 36.1 Å². The van der Waals surface area contributed by atoms with E-state index in [0.717, 1.165) is 0 Å². The summed E-state index contributed by atoms with van der Waals surface area (Å²) in [7, 11) is 1.75. The molecule has 1 aromatic carbocycles. The predicted octanol–water partition coefficient (Wildman–Crippen LogP) is 1.46. The predicted molar refractivity (Wildman–Crippen MR) is 64.5 cm³/mol. The zero-order valence-corrected chi connectivity index (χ0v) is 9.51. The van der Waals surface area contributed by atoms with E-state index in [1.165, 1.54) is 6.07 Å². The van der Waals surface area contributed by atoms with Crippen molar-refractivity contribution in [3.8, 4) is 11.4 Å². The van der Waals surface area contributed by atoms with E-state index < -0.39 is 11.5 Å². The largest absolute Gasteiger partial charge is 0.346 e. The number of halogens is 1.